The lowest BCUT2D eigenvalue weighted by Gasteiger charge is -2.18. The van der Waals surface area contributed by atoms with Gasteiger partial charge >= 0.3 is 0 Å². The van der Waals surface area contributed by atoms with E-state index in [9.17, 15) is 10.2 Å². The van der Waals surface area contributed by atoms with E-state index in [2.05, 4.69) is 0 Å². The second kappa shape index (κ2) is 5.10. The van der Waals surface area contributed by atoms with Crippen molar-refractivity contribution in [3.05, 3.63) is 35.4 Å². The predicted molar refractivity (Wildman–Crippen MR) is 53.8 cm³/mol. The van der Waals surface area contributed by atoms with Crippen LogP contribution < -0.4 is 0 Å². The van der Waals surface area contributed by atoms with Crippen molar-refractivity contribution in [2.45, 2.75) is 25.6 Å². The molecule has 0 aliphatic heterocycles. The van der Waals surface area contributed by atoms with Crippen molar-refractivity contribution in [1.82, 2.24) is 0 Å². The Morgan fingerprint density at radius 1 is 1.21 bits per heavy atom. The van der Waals surface area contributed by atoms with Crippen LogP contribution in [0.15, 0.2) is 24.3 Å². The zero-order valence-corrected chi connectivity index (χ0v) is 8.22. The number of hydrogen-bond donors (Lipinski definition) is 3. The van der Waals surface area contributed by atoms with Gasteiger partial charge in [-0.05, 0) is 24.5 Å². The molecule has 0 aromatic heterocycles. The molecule has 3 nitrogen and oxygen atoms in total. The van der Waals surface area contributed by atoms with Gasteiger partial charge in [0.1, 0.15) is 6.10 Å². The van der Waals surface area contributed by atoms with Gasteiger partial charge in [0.2, 0.25) is 0 Å². The molecule has 3 N–H and O–H groups in total. The molecule has 0 saturated carbocycles. The number of hydrogen-bond acceptors (Lipinski definition) is 3. The summed E-state index contributed by atoms with van der Waals surface area (Å²) in [5.74, 6) is 0. The highest BCUT2D eigenvalue weighted by molar-refractivity contribution is 5.28. The summed E-state index contributed by atoms with van der Waals surface area (Å²) in [6.45, 7) is 1.76. The first-order valence-electron chi connectivity index (χ1n) is 4.69. The zero-order valence-electron chi connectivity index (χ0n) is 8.22. The van der Waals surface area contributed by atoms with E-state index in [1.807, 2.05) is 25.1 Å². The fourth-order valence-electron chi connectivity index (χ4n) is 1.42. The van der Waals surface area contributed by atoms with Crippen LogP contribution >= 0.6 is 0 Å². The molecule has 2 unspecified atom stereocenters. The van der Waals surface area contributed by atoms with Crippen LogP contribution in [0.5, 0.6) is 0 Å². The van der Waals surface area contributed by atoms with Gasteiger partial charge in [0.15, 0.2) is 0 Å². The van der Waals surface area contributed by atoms with Crippen LogP contribution in [0.4, 0.5) is 0 Å². The van der Waals surface area contributed by atoms with Crippen LogP contribution in [0.1, 0.15) is 23.7 Å². The lowest BCUT2D eigenvalue weighted by Crippen LogP contribution is -2.20. The summed E-state index contributed by atoms with van der Waals surface area (Å²) < 4.78 is 0. The maximum Gasteiger partial charge on any atom is 0.105 e. The third-order valence-corrected chi connectivity index (χ3v) is 2.30. The molecule has 0 bridgehead atoms. The minimum absolute atomic E-state index is 0.121. The standard InChI is InChI=1S/C11H16O3/c1-8-4-2-3-5-9(8)11(14)10(13)6-7-12/h2-5,10-14H,6-7H2,1H3. The lowest BCUT2D eigenvalue weighted by atomic mass is 9.98. The molecule has 0 fully saturated rings. The maximum absolute atomic E-state index is 9.74. The van der Waals surface area contributed by atoms with Crippen LogP contribution in [0, 0.1) is 6.92 Å². The summed E-state index contributed by atoms with van der Waals surface area (Å²) in [6, 6.07) is 7.35. The maximum atomic E-state index is 9.74. The van der Waals surface area contributed by atoms with Crippen molar-refractivity contribution < 1.29 is 15.3 Å². The van der Waals surface area contributed by atoms with Gasteiger partial charge in [-0.1, -0.05) is 24.3 Å². The minimum atomic E-state index is -0.914. The topological polar surface area (TPSA) is 60.7 Å². The van der Waals surface area contributed by atoms with Gasteiger partial charge in [0.25, 0.3) is 0 Å². The van der Waals surface area contributed by atoms with Crippen molar-refractivity contribution in [1.29, 1.82) is 0 Å². The second-order valence-corrected chi connectivity index (χ2v) is 3.38. The smallest absolute Gasteiger partial charge is 0.105 e. The number of aliphatic hydroxyl groups is 3. The van der Waals surface area contributed by atoms with Crippen LogP contribution in [-0.2, 0) is 0 Å². The van der Waals surface area contributed by atoms with E-state index >= 15 is 0 Å². The molecular formula is C11H16O3. The van der Waals surface area contributed by atoms with E-state index < -0.39 is 12.2 Å². The summed E-state index contributed by atoms with van der Waals surface area (Å²) in [5, 5.41) is 27.9. The Balaban J connectivity index is 2.78. The Hall–Kier alpha value is -0.900. The highest BCUT2D eigenvalue weighted by atomic mass is 16.3. The molecule has 1 aromatic rings. The average molecular weight is 196 g/mol. The molecule has 0 radical (unpaired) electrons. The van der Waals surface area contributed by atoms with Gasteiger partial charge < -0.3 is 15.3 Å². The normalized spacial score (nSPS) is 15.1. The molecule has 0 heterocycles. The summed E-state index contributed by atoms with van der Waals surface area (Å²) in [6.07, 6.45) is -1.63. The van der Waals surface area contributed by atoms with Crippen LogP contribution in [-0.4, -0.2) is 28.0 Å². The lowest BCUT2D eigenvalue weighted by molar-refractivity contribution is 0.00388. The first-order valence-corrected chi connectivity index (χ1v) is 4.69. The number of aryl methyl sites for hydroxylation is 1. The Labute approximate surface area is 83.6 Å². The van der Waals surface area contributed by atoms with Crippen LogP contribution in [0.3, 0.4) is 0 Å². The van der Waals surface area contributed by atoms with Crippen molar-refractivity contribution in [3.63, 3.8) is 0 Å². The SMILES string of the molecule is Cc1ccccc1C(O)C(O)CCO. The van der Waals surface area contributed by atoms with Gasteiger partial charge in [-0.3, -0.25) is 0 Å². The Morgan fingerprint density at radius 2 is 1.86 bits per heavy atom. The third kappa shape index (κ3) is 2.54. The van der Waals surface area contributed by atoms with Gasteiger partial charge in [0.05, 0.1) is 6.10 Å². The van der Waals surface area contributed by atoms with Crippen molar-refractivity contribution >= 4 is 0 Å². The molecule has 0 aliphatic rings. The zero-order chi connectivity index (χ0) is 10.6. The largest absolute Gasteiger partial charge is 0.396 e. The number of rotatable bonds is 4. The van der Waals surface area contributed by atoms with Gasteiger partial charge in [-0.15, -0.1) is 0 Å². The molecule has 78 valence electrons. The Bertz CT molecular complexity index is 286. The molecule has 0 saturated heterocycles. The summed E-state index contributed by atoms with van der Waals surface area (Å²) in [7, 11) is 0. The molecule has 2 atom stereocenters. The van der Waals surface area contributed by atoms with Crippen molar-refractivity contribution in [2.75, 3.05) is 6.61 Å². The summed E-state index contributed by atoms with van der Waals surface area (Å²) >= 11 is 0. The number of benzene rings is 1. The van der Waals surface area contributed by atoms with E-state index in [0.29, 0.717) is 5.56 Å². The average Bonchev–Trinajstić information content (AvgIpc) is 2.18. The van der Waals surface area contributed by atoms with E-state index in [1.165, 1.54) is 0 Å². The molecule has 0 spiro atoms. The monoisotopic (exact) mass is 196 g/mol. The molecule has 3 heteroatoms. The highest BCUT2D eigenvalue weighted by Gasteiger charge is 2.18. The summed E-state index contributed by atoms with van der Waals surface area (Å²) in [4.78, 5) is 0. The fraction of sp³-hybridized carbons (Fsp3) is 0.455. The number of aliphatic hydroxyl groups excluding tert-OH is 3. The Morgan fingerprint density at radius 3 is 2.43 bits per heavy atom. The molecular weight excluding hydrogens is 180 g/mol. The second-order valence-electron chi connectivity index (χ2n) is 3.38. The van der Waals surface area contributed by atoms with Gasteiger partial charge in [0, 0.05) is 6.61 Å². The summed E-state index contributed by atoms with van der Waals surface area (Å²) in [5.41, 5.74) is 1.66. The molecule has 0 aliphatic carbocycles. The van der Waals surface area contributed by atoms with Gasteiger partial charge in [-0.25, -0.2) is 0 Å². The highest BCUT2D eigenvalue weighted by Crippen LogP contribution is 2.21. The molecule has 1 rings (SSSR count). The van der Waals surface area contributed by atoms with E-state index in [4.69, 9.17) is 5.11 Å². The predicted octanol–water partition coefficient (Wildman–Crippen LogP) is 0.772. The molecule has 0 amide bonds. The Kier molecular flexibility index (Phi) is 4.07. The third-order valence-electron chi connectivity index (χ3n) is 2.30. The quantitative estimate of drug-likeness (QED) is 0.666. The minimum Gasteiger partial charge on any atom is -0.396 e. The van der Waals surface area contributed by atoms with Crippen molar-refractivity contribution in [3.8, 4) is 0 Å². The van der Waals surface area contributed by atoms with Crippen LogP contribution in [0.2, 0.25) is 0 Å². The van der Waals surface area contributed by atoms with Crippen molar-refractivity contribution in [2.24, 2.45) is 0 Å². The van der Waals surface area contributed by atoms with Gasteiger partial charge in [-0.2, -0.15) is 0 Å². The molecule has 14 heavy (non-hydrogen) atoms. The first kappa shape index (κ1) is 11.2. The van der Waals surface area contributed by atoms with E-state index in [-0.39, 0.29) is 13.0 Å². The van der Waals surface area contributed by atoms with E-state index in [1.54, 1.807) is 6.07 Å². The molecule has 1 aromatic carbocycles. The fourth-order valence-corrected chi connectivity index (χ4v) is 1.42. The first-order chi connectivity index (χ1) is 6.66. The van der Waals surface area contributed by atoms with E-state index in [0.717, 1.165) is 5.56 Å². The van der Waals surface area contributed by atoms with Crippen LogP contribution in [0.25, 0.3) is 0 Å².